The van der Waals surface area contributed by atoms with E-state index < -0.39 is 11.6 Å². The van der Waals surface area contributed by atoms with Crippen LogP contribution in [-0.2, 0) is 26.0 Å². The van der Waals surface area contributed by atoms with Gasteiger partial charge in [0.2, 0.25) is 0 Å². The molecular formula is C33H29O3S+. The summed E-state index contributed by atoms with van der Waals surface area (Å²) >= 11 is 0. The molecular weight excluding hydrogens is 476 g/mol. The highest BCUT2D eigenvalue weighted by atomic mass is 32.2. The molecule has 0 saturated heterocycles. The average molecular weight is 506 g/mol. The maximum Gasteiger partial charge on any atom is 0.345 e. The molecule has 0 radical (unpaired) electrons. The summed E-state index contributed by atoms with van der Waals surface area (Å²) in [5.74, 6) is 0.226. The standard InChI is InChI=1S/C33H29O3S/c1-33(2,27-18-17-25-11-9-10-12-26(25)23-27)36-32(34)24-35-28-19-21-31(22-20-28)37(29-13-5-3-6-14-29)30-15-7-4-8-16-30/h3-23H,24H2,1-2H3/q+1. The molecule has 0 aliphatic heterocycles. The molecule has 0 aliphatic carbocycles. The zero-order valence-corrected chi connectivity index (χ0v) is 21.8. The minimum absolute atomic E-state index is 0.153. The van der Waals surface area contributed by atoms with Crippen LogP contribution in [0.3, 0.4) is 0 Å². The van der Waals surface area contributed by atoms with Crippen LogP contribution in [0, 0.1) is 0 Å². The van der Waals surface area contributed by atoms with E-state index in [4.69, 9.17) is 9.47 Å². The van der Waals surface area contributed by atoms with Gasteiger partial charge < -0.3 is 9.47 Å². The minimum atomic E-state index is -0.770. The van der Waals surface area contributed by atoms with E-state index in [0.29, 0.717) is 5.75 Å². The van der Waals surface area contributed by atoms with Crippen molar-refractivity contribution in [3.63, 3.8) is 0 Å². The predicted octanol–water partition coefficient (Wildman–Crippen LogP) is 7.79. The zero-order valence-electron chi connectivity index (χ0n) is 21.0. The quantitative estimate of drug-likeness (QED) is 0.159. The highest BCUT2D eigenvalue weighted by Gasteiger charge is 2.29. The average Bonchev–Trinajstić information content (AvgIpc) is 2.93. The molecule has 0 atom stereocenters. The lowest BCUT2D eigenvalue weighted by molar-refractivity contribution is -0.159. The molecule has 0 spiro atoms. The van der Waals surface area contributed by atoms with E-state index in [9.17, 15) is 4.79 Å². The van der Waals surface area contributed by atoms with Crippen molar-refractivity contribution in [3.8, 4) is 5.75 Å². The number of carbonyl (C=O) groups excluding carboxylic acids is 1. The smallest absolute Gasteiger partial charge is 0.345 e. The summed E-state index contributed by atoms with van der Waals surface area (Å²) in [6.07, 6.45) is 0. The van der Waals surface area contributed by atoms with Crippen LogP contribution in [0.15, 0.2) is 142 Å². The van der Waals surface area contributed by atoms with Crippen LogP contribution >= 0.6 is 0 Å². The molecule has 5 aromatic rings. The van der Waals surface area contributed by atoms with Crippen molar-refractivity contribution in [1.29, 1.82) is 0 Å². The monoisotopic (exact) mass is 505 g/mol. The first-order valence-corrected chi connectivity index (χ1v) is 13.5. The summed E-state index contributed by atoms with van der Waals surface area (Å²) < 4.78 is 11.6. The number of fused-ring (bicyclic) bond motifs is 1. The third-order valence-electron chi connectivity index (χ3n) is 6.19. The normalized spacial score (nSPS) is 11.4. The van der Waals surface area contributed by atoms with Crippen LogP contribution in [0.1, 0.15) is 19.4 Å². The maximum absolute atomic E-state index is 12.7. The Labute approximate surface area is 221 Å². The summed E-state index contributed by atoms with van der Waals surface area (Å²) in [4.78, 5) is 16.4. The van der Waals surface area contributed by atoms with E-state index in [1.807, 2.05) is 56.3 Å². The van der Waals surface area contributed by atoms with E-state index in [1.165, 1.54) is 14.7 Å². The molecule has 37 heavy (non-hydrogen) atoms. The van der Waals surface area contributed by atoms with Gasteiger partial charge in [-0.1, -0.05) is 72.8 Å². The SMILES string of the molecule is CC(C)(OC(=O)COc1ccc([S+](c2ccccc2)c2ccccc2)cc1)c1ccc2ccccc2c1. The van der Waals surface area contributed by atoms with Crippen molar-refractivity contribution in [1.82, 2.24) is 0 Å². The Morgan fingerprint density at radius 1 is 0.649 bits per heavy atom. The van der Waals surface area contributed by atoms with Gasteiger partial charge in [-0.25, -0.2) is 4.79 Å². The van der Waals surface area contributed by atoms with Gasteiger partial charge in [0.25, 0.3) is 0 Å². The number of carbonyl (C=O) groups is 1. The van der Waals surface area contributed by atoms with Crippen LogP contribution in [0.4, 0.5) is 0 Å². The first-order chi connectivity index (χ1) is 18.0. The molecule has 0 bridgehead atoms. The largest absolute Gasteiger partial charge is 0.482 e. The summed E-state index contributed by atoms with van der Waals surface area (Å²) in [6, 6.07) is 43.3. The van der Waals surface area contributed by atoms with Gasteiger partial charge in [0.15, 0.2) is 21.3 Å². The molecule has 0 aliphatic rings. The fraction of sp³-hybridized carbons (Fsp3) is 0.121. The number of hydrogen-bond acceptors (Lipinski definition) is 3. The lowest BCUT2D eigenvalue weighted by atomic mass is 9.95. The molecule has 0 amide bonds. The van der Waals surface area contributed by atoms with Gasteiger partial charge in [-0.05, 0) is 84.8 Å². The fourth-order valence-corrected chi connectivity index (χ4v) is 6.36. The van der Waals surface area contributed by atoms with Crippen LogP contribution < -0.4 is 4.74 Å². The highest BCUT2D eigenvalue weighted by Crippen LogP contribution is 2.32. The molecule has 0 saturated carbocycles. The fourth-order valence-electron chi connectivity index (χ4n) is 4.27. The molecule has 3 nitrogen and oxygen atoms in total. The Bertz CT molecular complexity index is 1440. The van der Waals surface area contributed by atoms with Gasteiger partial charge in [0.05, 0.1) is 10.9 Å². The third kappa shape index (κ3) is 5.87. The van der Waals surface area contributed by atoms with E-state index in [2.05, 4.69) is 84.9 Å². The Hall–Kier alpha value is -4.02. The van der Waals surface area contributed by atoms with Crippen molar-refractivity contribution < 1.29 is 14.3 Å². The molecule has 0 fully saturated rings. The van der Waals surface area contributed by atoms with Gasteiger partial charge in [-0.15, -0.1) is 0 Å². The van der Waals surface area contributed by atoms with Crippen molar-refractivity contribution in [3.05, 3.63) is 133 Å². The maximum atomic E-state index is 12.7. The Morgan fingerprint density at radius 3 is 1.81 bits per heavy atom. The molecule has 0 unspecified atom stereocenters. The number of ether oxygens (including phenoxy) is 2. The van der Waals surface area contributed by atoms with E-state index in [1.54, 1.807) is 0 Å². The van der Waals surface area contributed by atoms with E-state index in [0.717, 1.165) is 16.3 Å². The van der Waals surface area contributed by atoms with Gasteiger partial charge >= 0.3 is 5.97 Å². The lowest BCUT2D eigenvalue weighted by Crippen LogP contribution is -2.28. The van der Waals surface area contributed by atoms with Gasteiger partial charge in [-0.2, -0.15) is 0 Å². The second kappa shape index (κ2) is 10.9. The number of esters is 1. The van der Waals surface area contributed by atoms with Crippen molar-refractivity contribution in [2.45, 2.75) is 34.1 Å². The Morgan fingerprint density at radius 2 is 1.19 bits per heavy atom. The van der Waals surface area contributed by atoms with Crippen molar-refractivity contribution in [2.75, 3.05) is 6.61 Å². The van der Waals surface area contributed by atoms with Crippen LogP contribution in [0.5, 0.6) is 5.75 Å². The zero-order chi connectivity index (χ0) is 25.7. The topological polar surface area (TPSA) is 35.5 Å². The Kier molecular flexibility index (Phi) is 7.29. The number of rotatable bonds is 8. The molecule has 0 aromatic heterocycles. The first-order valence-electron chi connectivity index (χ1n) is 12.3. The molecule has 5 rings (SSSR count). The summed E-state index contributed by atoms with van der Waals surface area (Å²) in [7, 11) is -0.228. The predicted molar refractivity (Wildman–Crippen MR) is 150 cm³/mol. The van der Waals surface area contributed by atoms with E-state index >= 15 is 0 Å². The first kappa shape index (κ1) is 24.7. The van der Waals surface area contributed by atoms with Crippen LogP contribution in [0.2, 0.25) is 0 Å². The summed E-state index contributed by atoms with van der Waals surface area (Å²) in [5, 5.41) is 2.27. The molecule has 0 heterocycles. The van der Waals surface area contributed by atoms with Gasteiger partial charge in [-0.3, -0.25) is 0 Å². The summed E-state index contributed by atoms with van der Waals surface area (Å²) in [6.45, 7) is 3.65. The highest BCUT2D eigenvalue weighted by molar-refractivity contribution is 7.97. The summed E-state index contributed by atoms with van der Waals surface area (Å²) in [5.41, 5.74) is 0.173. The van der Waals surface area contributed by atoms with Crippen LogP contribution in [0.25, 0.3) is 10.8 Å². The number of hydrogen-bond donors (Lipinski definition) is 0. The molecule has 5 aromatic carbocycles. The van der Waals surface area contributed by atoms with Crippen molar-refractivity contribution in [2.24, 2.45) is 0 Å². The second-order valence-corrected chi connectivity index (χ2v) is 11.3. The van der Waals surface area contributed by atoms with Crippen LogP contribution in [-0.4, -0.2) is 12.6 Å². The third-order valence-corrected chi connectivity index (χ3v) is 8.42. The molecule has 4 heteroatoms. The molecule has 184 valence electrons. The minimum Gasteiger partial charge on any atom is -0.482 e. The van der Waals surface area contributed by atoms with E-state index in [-0.39, 0.29) is 17.5 Å². The second-order valence-electron chi connectivity index (χ2n) is 9.24. The van der Waals surface area contributed by atoms with Gasteiger partial charge in [0.1, 0.15) is 11.4 Å². The lowest BCUT2D eigenvalue weighted by Gasteiger charge is -2.26. The number of benzene rings is 5. The van der Waals surface area contributed by atoms with Crippen molar-refractivity contribution >= 4 is 27.6 Å². The molecule has 0 N–H and O–H groups in total. The Balaban J connectivity index is 1.25. The van der Waals surface area contributed by atoms with Gasteiger partial charge in [0, 0.05) is 0 Å².